The lowest BCUT2D eigenvalue weighted by Crippen LogP contribution is -2.31. The van der Waals surface area contributed by atoms with Crippen molar-refractivity contribution in [3.63, 3.8) is 0 Å². The molecule has 0 aliphatic carbocycles. The summed E-state index contributed by atoms with van der Waals surface area (Å²) in [7, 11) is 3.92. The van der Waals surface area contributed by atoms with Gasteiger partial charge in [-0.2, -0.15) is 0 Å². The van der Waals surface area contributed by atoms with Crippen molar-refractivity contribution in [2.45, 2.75) is 6.42 Å². The first kappa shape index (κ1) is 15.0. The molecule has 0 unspecified atom stereocenters. The molecular formula is C13H19N3O3. The highest BCUT2D eigenvalue weighted by Crippen LogP contribution is 2.14. The van der Waals surface area contributed by atoms with Crippen molar-refractivity contribution in [2.24, 2.45) is 0 Å². The molecule has 6 nitrogen and oxygen atoms in total. The SMILES string of the molecule is CN(C)CCCNC(=O)Nc1ccccc1C(=O)O. The van der Waals surface area contributed by atoms with Gasteiger partial charge in [-0.15, -0.1) is 0 Å². The van der Waals surface area contributed by atoms with E-state index in [0.29, 0.717) is 12.2 Å². The number of hydrogen-bond donors (Lipinski definition) is 3. The van der Waals surface area contributed by atoms with Crippen LogP contribution in [0.5, 0.6) is 0 Å². The number of benzene rings is 1. The van der Waals surface area contributed by atoms with Crippen LogP contribution in [0.3, 0.4) is 0 Å². The van der Waals surface area contributed by atoms with Crippen molar-refractivity contribution in [1.82, 2.24) is 10.2 Å². The Morgan fingerprint density at radius 2 is 1.95 bits per heavy atom. The Kier molecular flexibility index (Phi) is 5.81. The van der Waals surface area contributed by atoms with Gasteiger partial charge in [0.2, 0.25) is 0 Å². The van der Waals surface area contributed by atoms with E-state index in [4.69, 9.17) is 5.11 Å². The largest absolute Gasteiger partial charge is 0.478 e. The molecule has 0 bridgehead atoms. The lowest BCUT2D eigenvalue weighted by Gasteiger charge is -2.11. The number of anilines is 1. The quantitative estimate of drug-likeness (QED) is 0.680. The number of carboxylic acid groups (broad SMARTS) is 1. The van der Waals surface area contributed by atoms with Gasteiger partial charge in [0.15, 0.2) is 0 Å². The van der Waals surface area contributed by atoms with Crippen molar-refractivity contribution in [1.29, 1.82) is 0 Å². The highest BCUT2D eigenvalue weighted by Gasteiger charge is 2.10. The molecule has 1 aromatic rings. The van der Waals surface area contributed by atoms with E-state index in [2.05, 4.69) is 10.6 Å². The Labute approximate surface area is 112 Å². The number of carboxylic acids is 1. The van der Waals surface area contributed by atoms with E-state index in [1.165, 1.54) is 6.07 Å². The molecule has 0 spiro atoms. The third-order valence-electron chi connectivity index (χ3n) is 2.47. The van der Waals surface area contributed by atoms with Crippen LogP contribution < -0.4 is 10.6 Å². The molecule has 0 saturated heterocycles. The molecule has 1 rings (SSSR count). The van der Waals surface area contributed by atoms with Gasteiger partial charge in [0.05, 0.1) is 11.3 Å². The molecule has 1 aromatic carbocycles. The van der Waals surface area contributed by atoms with Crippen LogP contribution in [0, 0.1) is 0 Å². The summed E-state index contributed by atoms with van der Waals surface area (Å²) in [4.78, 5) is 24.6. The molecule has 0 fully saturated rings. The number of nitrogens with zero attached hydrogens (tertiary/aromatic N) is 1. The molecule has 2 amide bonds. The average Bonchev–Trinajstić information content (AvgIpc) is 2.35. The summed E-state index contributed by atoms with van der Waals surface area (Å²) in [6, 6.07) is 5.90. The minimum absolute atomic E-state index is 0.0749. The monoisotopic (exact) mass is 265 g/mol. The highest BCUT2D eigenvalue weighted by molar-refractivity contribution is 5.99. The van der Waals surface area contributed by atoms with Gasteiger partial charge in [0.25, 0.3) is 0 Å². The van der Waals surface area contributed by atoms with Crippen molar-refractivity contribution in [2.75, 3.05) is 32.5 Å². The van der Waals surface area contributed by atoms with Crippen molar-refractivity contribution >= 4 is 17.7 Å². The number of carbonyl (C=O) groups is 2. The topological polar surface area (TPSA) is 81.7 Å². The smallest absolute Gasteiger partial charge is 0.337 e. The Hall–Kier alpha value is -2.08. The maximum atomic E-state index is 11.6. The van der Waals surface area contributed by atoms with Gasteiger partial charge in [-0.25, -0.2) is 9.59 Å². The van der Waals surface area contributed by atoms with Crippen molar-refractivity contribution in [3.05, 3.63) is 29.8 Å². The zero-order valence-electron chi connectivity index (χ0n) is 11.1. The highest BCUT2D eigenvalue weighted by atomic mass is 16.4. The van der Waals surface area contributed by atoms with Gasteiger partial charge in [0, 0.05) is 6.54 Å². The first-order valence-electron chi connectivity index (χ1n) is 6.02. The van der Waals surface area contributed by atoms with Crippen LogP contribution in [0.1, 0.15) is 16.8 Å². The summed E-state index contributed by atoms with van der Waals surface area (Å²) in [5.41, 5.74) is 0.367. The van der Waals surface area contributed by atoms with Crippen molar-refractivity contribution < 1.29 is 14.7 Å². The molecule has 0 heterocycles. The van der Waals surface area contributed by atoms with Crippen LogP contribution in [0.15, 0.2) is 24.3 Å². The fraction of sp³-hybridized carbons (Fsp3) is 0.385. The fourth-order valence-corrected chi connectivity index (χ4v) is 1.54. The molecule has 0 atom stereocenters. The van der Waals surface area contributed by atoms with Gasteiger partial charge in [0.1, 0.15) is 0 Å². The van der Waals surface area contributed by atoms with E-state index in [0.717, 1.165) is 13.0 Å². The number of carbonyl (C=O) groups excluding carboxylic acids is 1. The average molecular weight is 265 g/mol. The van der Waals surface area contributed by atoms with Gasteiger partial charge < -0.3 is 20.6 Å². The molecule has 0 radical (unpaired) electrons. The van der Waals surface area contributed by atoms with E-state index < -0.39 is 12.0 Å². The molecule has 3 N–H and O–H groups in total. The summed E-state index contributed by atoms with van der Waals surface area (Å²) < 4.78 is 0. The van der Waals surface area contributed by atoms with Crippen LogP contribution >= 0.6 is 0 Å². The zero-order valence-corrected chi connectivity index (χ0v) is 11.1. The summed E-state index contributed by atoms with van der Waals surface area (Å²) in [5, 5.41) is 14.2. The lowest BCUT2D eigenvalue weighted by molar-refractivity contribution is 0.0698. The number of aromatic carboxylic acids is 1. The van der Waals surface area contributed by atoms with E-state index in [1.807, 2.05) is 19.0 Å². The fourth-order valence-electron chi connectivity index (χ4n) is 1.54. The number of rotatable bonds is 6. The molecule has 19 heavy (non-hydrogen) atoms. The number of urea groups is 1. The molecular weight excluding hydrogens is 246 g/mol. The van der Waals surface area contributed by atoms with Gasteiger partial charge in [-0.1, -0.05) is 12.1 Å². The van der Waals surface area contributed by atoms with E-state index in [9.17, 15) is 9.59 Å². The third-order valence-corrected chi connectivity index (χ3v) is 2.47. The maximum Gasteiger partial charge on any atom is 0.337 e. The molecule has 104 valence electrons. The molecule has 0 aliphatic rings. The minimum atomic E-state index is -1.07. The van der Waals surface area contributed by atoms with Crippen LogP contribution in [-0.2, 0) is 0 Å². The maximum absolute atomic E-state index is 11.6. The molecule has 0 aliphatic heterocycles. The summed E-state index contributed by atoms with van der Waals surface area (Å²) in [5.74, 6) is -1.07. The van der Waals surface area contributed by atoms with Gasteiger partial charge in [-0.05, 0) is 39.2 Å². The number of nitrogens with one attached hydrogen (secondary N) is 2. The molecule has 0 aromatic heterocycles. The second-order valence-corrected chi connectivity index (χ2v) is 4.39. The Bertz CT molecular complexity index is 447. The summed E-state index contributed by atoms with van der Waals surface area (Å²) in [6.07, 6.45) is 0.834. The predicted octanol–water partition coefficient (Wildman–Crippen LogP) is 1.46. The van der Waals surface area contributed by atoms with Crippen LogP contribution in [0.2, 0.25) is 0 Å². The Morgan fingerprint density at radius 3 is 2.58 bits per heavy atom. The van der Waals surface area contributed by atoms with Crippen LogP contribution in [0.4, 0.5) is 10.5 Å². The Morgan fingerprint density at radius 1 is 1.26 bits per heavy atom. The molecule has 6 heteroatoms. The van der Waals surface area contributed by atoms with Gasteiger partial charge >= 0.3 is 12.0 Å². The van der Waals surface area contributed by atoms with Crippen LogP contribution in [-0.4, -0.2) is 49.2 Å². The normalized spacial score (nSPS) is 10.3. The Balaban J connectivity index is 2.46. The standard InChI is InChI=1S/C13H19N3O3/c1-16(2)9-5-8-14-13(19)15-11-7-4-3-6-10(11)12(17)18/h3-4,6-7H,5,8-9H2,1-2H3,(H,17,18)(H2,14,15,19). The van der Waals surface area contributed by atoms with Gasteiger partial charge in [-0.3, -0.25) is 0 Å². The van der Waals surface area contributed by atoms with Crippen LogP contribution in [0.25, 0.3) is 0 Å². The molecule has 0 saturated carbocycles. The second-order valence-electron chi connectivity index (χ2n) is 4.39. The second kappa shape index (κ2) is 7.38. The number of amides is 2. The zero-order chi connectivity index (χ0) is 14.3. The third kappa shape index (κ3) is 5.39. The van der Waals surface area contributed by atoms with E-state index in [-0.39, 0.29) is 5.56 Å². The minimum Gasteiger partial charge on any atom is -0.478 e. The number of hydrogen-bond acceptors (Lipinski definition) is 3. The van der Waals surface area contributed by atoms with E-state index >= 15 is 0 Å². The summed E-state index contributed by atoms with van der Waals surface area (Å²) >= 11 is 0. The predicted molar refractivity (Wildman–Crippen MR) is 73.6 cm³/mol. The lowest BCUT2D eigenvalue weighted by atomic mass is 10.2. The van der Waals surface area contributed by atoms with Crippen molar-refractivity contribution in [3.8, 4) is 0 Å². The first-order valence-corrected chi connectivity index (χ1v) is 6.02. The number of para-hydroxylation sites is 1. The first-order chi connectivity index (χ1) is 9.00. The summed E-state index contributed by atoms with van der Waals surface area (Å²) in [6.45, 7) is 1.42. The van der Waals surface area contributed by atoms with E-state index in [1.54, 1.807) is 18.2 Å².